The Bertz CT molecular complexity index is 145. The Hall–Kier alpha value is -0.570. The van der Waals surface area contributed by atoms with Crippen molar-refractivity contribution in [2.45, 2.75) is 25.8 Å². The number of methoxy groups -OCH3 is 1. The first-order valence-corrected chi connectivity index (χ1v) is 4.49. The van der Waals surface area contributed by atoms with Gasteiger partial charge in [0, 0.05) is 19.7 Å². The third-order valence-electron chi connectivity index (χ3n) is 2.52. The fraction of sp³-hybridized carbons (Fsp3) is 0.889. The molecule has 70 valence electrons. The smallest absolute Gasteiger partial charge is 0.210 e. The van der Waals surface area contributed by atoms with Gasteiger partial charge in [0.25, 0.3) is 0 Å². The minimum absolute atomic E-state index is 0.401. The Morgan fingerprint density at radius 2 is 2.33 bits per heavy atom. The van der Waals surface area contributed by atoms with Crippen molar-refractivity contribution in [3.05, 3.63) is 0 Å². The van der Waals surface area contributed by atoms with E-state index in [1.54, 1.807) is 7.11 Å². The van der Waals surface area contributed by atoms with Crippen LogP contribution in [0.3, 0.4) is 0 Å². The molecule has 0 spiro atoms. The van der Waals surface area contributed by atoms with E-state index in [9.17, 15) is 4.79 Å². The van der Waals surface area contributed by atoms with Gasteiger partial charge in [-0.05, 0) is 25.7 Å². The molecule has 1 amide bonds. The standard InChI is InChI=1S/C9H17NO2/c1-8(9-3-4-9)10(7-11)5-6-12-2/h7-9H,3-6H2,1-2H3. The summed E-state index contributed by atoms with van der Waals surface area (Å²) in [6, 6.07) is 0.401. The van der Waals surface area contributed by atoms with Gasteiger partial charge in [0.2, 0.25) is 6.41 Å². The highest BCUT2D eigenvalue weighted by Crippen LogP contribution is 2.34. The Balaban J connectivity index is 2.26. The maximum atomic E-state index is 10.7. The number of carbonyl (C=O) groups is 1. The number of ether oxygens (including phenoxy) is 1. The average Bonchev–Trinajstić information content (AvgIpc) is 2.88. The van der Waals surface area contributed by atoms with Gasteiger partial charge in [-0.15, -0.1) is 0 Å². The lowest BCUT2D eigenvalue weighted by atomic mass is 10.2. The lowest BCUT2D eigenvalue weighted by molar-refractivity contribution is -0.120. The molecule has 0 aromatic carbocycles. The van der Waals surface area contributed by atoms with Gasteiger partial charge in [-0.25, -0.2) is 0 Å². The van der Waals surface area contributed by atoms with Crippen LogP contribution in [0.25, 0.3) is 0 Å². The van der Waals surface area contributed by atoms with Gasteiger partial charge in [-0.3, -0.25) is 4.79 Å². The molecule has 1 aliphatic carbocycles. The molecule has 1 rings (SSSR count). The van der Waals surface area contributed by atoms with Crippen molar-refractivity contribution in [2.24, 2.45) is 5.92 Å². The van der Waals surface area contributed by atoms with Gasteiger partial charge in [0.1, 0.15) is 0 Å². The van der Waals surface area contributed by atoms with Crippen LogP contribution in [0, 0.1) is 5.92 Å². The molecule has 1 aliphatic rings. The third-order valence-corrected chi connectivity index (χ3v) is 2.52. The first-order chi connectivity index (χ1) is 5.79. The Kier molecular flexibility index (Phi) is 3.53. The monoisotopic (exact) mass is 171 g/mol. The highest BCUT2D eigenvalue weighted by atomic mass is 16.5. The predicted molar refractivity (Wildman–Crippen MR) is 46.8 cm³/mol. The minimum atomic E-state index is 0.401. The summed E-state index contributed by atoms with van der Waals surface area (Å²) in [5.74, 6) is 0.743. The number of hydrogen-bond donors (Lipinski definition) is 0. The van der Waals surface area contributed by atoms with Gasteiger partial charge in [0.05, 0.1) is 6.61 Å². The molecule has 1 saturated carbocycles. The van der Waals surface area contributed by atoms with Crippen LogP contribution >= 0.6 is 0 Å². The fourth-order valence-corrected chi connectivity index (χ4v) is 1.40. The molecule has 0 heterocycles. The molecule has 0 saturated heterocycles. The Morgan fingerprint density at radius 1 is 1.67 bits per heavy atom. The van der Waals surface area contributed by atoms with Crippen LogP contribution in [0.4, 0.5) is 0 Å². The van der Waals surface area contributed by atoms with Crippen molar-refractivity contribution in [1.82, 2.24) is 4.90 Å². The van der Waals surface area contributed by atoms with E-state index in [0.29, 0.717) is 12.6 Å². The van der Waals surface area contributed by atoms with Crippen molar-refractivity contribution in [1.29, 1.82) is 0 Å². The molecule has 1 unspecified atom stereocenters. The summed E-state index contributed by atoms with van der Waals surface area (Å²) in [7, 11) is 1.66. The van der Waals surface area contributed by atoms with E-state index in [0.717, 1.165) is 18.9 Å². The van der Waals surface area contributed by atoms with Crippen molar-refractivity contribution < 1.29 is 9.53 Å². The minimum Gasteiger partial charge on any atom is -0.383 e. The van der Waals surface area contributed by atoms with E-state index >= 15 is 0 Å². The average molecular weight is 171 g/mol. The quantitative estimate of drug-likeness (QED) is 0.555. The zero-order chi connectivity index (χ0) is 8.97. The van der Waals surface area contributed by atoms with E-state index in [-0.39, 0.29) is 0 Å². The molecular formula is C9H17NO2. The second-order valence-corrected chi connectivity index (χ2v) is 3.41. The number of hydrogen-bond acceptors (Lipinski definition) is 2. The molecule has 0 radical (unpaired) electrons. The number of rotatable bonds is 6. The summed E-state index contributed by atoms with van der Waals surface area (Å²) < 4.78 is 4.92. The number of nitrogens with zero attached hydrogens (tertiary/aromatic N) is 1. The predicted octanol–water partition coefficient (Wildman–Crippen LogP) is 0.890. The van der Waals surface area contributed by atoms with Gasteiger partial charge < -0.3 is 9.64 Å². The van der Waals surface area contributed by atoms with Crippen LogP contribution in [-0.4, -0.2) is 37.6 Å². The molecule has 0 aliphatic heterocycles. The first-order valence-electron chi connectivity index (χ1n) is 4.49. The molecule has 0 aromatic rings. The molecule has 0 bridgehead atoms. The van der Waals surface area contributed by atoms with Gasteiger partial charge >= 0.3 is 0 Å². The number of carbonyl (C=O) groups excluding carboxylic acids is 1. The normalized spacial score (nSPS) is 18.8. The molecule has 1 atom stereocenters. The van der Waals surface area contributed by atoms with E-state index in [1.807, 2.05) is 4.90 Å². The van der Waals surface area contributed by atoms with Crippen LogP contribution in [0.5, 0.6) is 0 Å². The van der Waals surface area contributed by atoms with Crippen LogP contribution in [0.2, 0.25) is 0 Å². The van der Waals surface area contributed by atoms with Crippen LogP contribution in [-0.2, 0) is 9.53 Å². The van der Waals surface area contributed by atoms with Gasteiger partial charge in [-0.2, -0.15) is 0 Å². The molecule has 3 heteroatoms. The van der Waals surface area contributed by atoms with E-state index in [2.05, 4.69) is 6.92 Å². The SMILES string of the molecule is COCCN(C=O)C(C)C1CC1. The fourth-order valence-electron chi connectivity index (χ4n) is 1.40. The van der Waals surface area contributed by atoms with E-state index < -0.39 is 0 Å². The molecule has 3 nitrogen and oxygen atoms in total. The van der Waals surface area contributed by atoms with Crippen molar-refractivity contribution in [3.8, 4) is 0 Å². The largest absolute Gasteiger partial charge is 0.383 e. The second-order valence-electron chi connectivity index (χ2n) is 3.41. The van der Waals surface area contributed by atoms with Crippen molar-refractivity contribution in [3.63, 3.8) is 0 Å². The summed E-state index contributed by atoms with van der Waals surface area (Å²) >= 11 is 0. The zero-order valence-electron chi connectivity index (χ0n) is 7.82. The lowest BCUT2D eigenvalue weighted by Gasteiger charge is -2.24. The maximum Gasteiger partial charge on any atom is 0.210 e. The third kappa shape index (κ3) is 2.48. The molecule has 1 fully saturated rings. The van der Waals surface area contributed by atoms with Crippen LogP contribution < -0.4 is 0 Å². The Labute approximate surface area is 73.7 Å². The summed E-state index contributed by atoms with van der Waals surface area (Å²) in [4.78, 5) is 12.5. The maximum absolute atomic E-state index is 10.7. The van der Waals surface area contributed by atoms with Crippen LogP contribution in [0.1, 0.15) is 19.8 Å². The Morgan fingerprint density at radius 3 is 2.75 bits per heavy atom. The summed E-state index contributed by atoms with van der Waals surface area (Å²) in [6.45, 7) is 3.47. The van der Waals surface area contributed by atoms with E-state index in [1.165, 1.54) is 12.8 Å². The lowest BCUT2D eigenvalue weighted by Crippen LogP contribution is -2.35. The van der Waals surface area contributed by atoms with Gasteiger partial charge in [-0.1, -0.05) is 0 Å². The molecule has 0 aromatic heterocycles. The highest BCUT2D eigenvalue weighted by molar-refractivity contribution is 5.47. The summed E-state index contributed by atoms with van der Waals surface area (Å²) in [6.07, 6.45) is 3.49. The number of amides is 1. The summed E-state index contributed by atoms with van der Waals surface area (Å²) in [5.41, 5.74) is 0. The first kappa shape index (κ1) is 9.52. The van der Waals surface area contributed by atoms with Crippen molar-refractivity contribution in [2.75, 3.05) is 20.3 Å². The molecule has 12 heavy (non-hydrogen) atoms. The molecule has 0 N–H and O–H groups in total. The highest BCUT2D eigenvalue weighted by Gasteiger charge is 2.31. The topological polar surface area (TPSA) is 29.5 Å². The summed E-state index contributed by atoms with van der Waals surface area (Å²) in [5, 5.41) is 0. The van der Waals surface area contributed by atoms with E-state index in [4.69, 9.17) is 4.74 Å². The second kappa shape index (κ2) is 4.45. The zero-order valence-corrected chi connectivity index (χ0v) is 7.82. The van der Waals surface area contributed by atoms with Gasteiger partial charge in [0.15, 0.2) is 0 Å². The molecular weight excluding hydrogens is 154 g/mol. The van der Waals surface area contributed by atoms with Crippen LogP contribution in [0.15, 0.2) is 0 Å². The van der Waals surface area contributed by atoms with Crippen molar-refractivity contribution >= 4 is 6.41 Å².